The average Bonchev–Trinajstić information content (AvgIpc) is 2.71. The molecule has 0 aliphatic heterocycles. The number of hydrogen-bond donors (Lipinski definition) is 1. The Morgan fingerprint density at radius 1 is 0.931 bits per heavy atom. The summed E-state index contributed by atoms with van der Waals surface area (Å²) in [6, 6.07) is 13.1. The number of nitrogens with one attached hydrogen (secondary N) is 1. The van der Waals surface area contributed by atoms with E-state index in [0.717, 1.165) is 0 Å². The van der Waals surface area contributed by atoms with E-state index in [2.05, 4.69) is 11.9 Å². The summed E-state index contributed by atoms with van der Waals surface area (Å²) in [6.45, 7) is 7.72. The largest absolute Gasteiger partial charge is 0.467 e. The van der Waals surface area contributed by atoms with Crippen LogP contribution in [0.1, 0.15) is 40.1 Å². The van der Waals surface area contributed by atoms with Gasteiger partial charge in [0.25, 0.3) is 5.91 Å². The Kier molecular flexibility index (Phi) is 8.39. The normalized spacial score (nSPS) is 10.5. The number of methoxy groups -OCH3 is 1. The lowest BCUT2D eigenvalue weighted by Gasteiger charge is -2.10. The Morgan fingerprint density at radius 3 is 2.10 bits per heavy atom. The highest BCUT2D eigenvalue weighted by atomic mass is 16.7. The second-order valence-corrected chi connectivity index (χ2v) is 6.42. The van der Waals surface area contributed by atoms with Gasteiger partial charge in [-0.2, -0.15) is 0 Å². The molecule has 0 aliphatic rings. The van der Waals surface area contributed by atoms with Gasteiger partial charge in [-0.25, -0.2) is 4.79 Å². The summed E-state index contributed by atoms with van der Waals surface area (Å²) in [5.41, 5.74) is 1.58. The first-order chi connectivity index (χ1) is 13.9. The zero-order valence-electron chi connectivity index (χ0n) is 16.8. The molecule has 0 bridgehead atoms. The zero-order valence-corrected chi connectivity index (χ0v) is 16.8. The highest BCUT2D eigenvalue weighted by Crippen LogP contribution is 2.18. The van der Waals surface area contributed by atoms with Gasteiger partial charge in [-0.1, -0.05) is 18.7 Å². The van der Waals surface area contributed by atoms with Crippen molar-refractivity contribution in [2.24, 2.45) is 0 Å². The Labute approximate surface area is 170 Å². The van der Waals surface area contributed by atoms with Crippen LogP contribution in [0.15, 0.2) is 55.1 Å². The van der Waals surface area contributed by atoms with Crippen molar-refractivity contribution < 1.29 is 28.5 Å². The first-order valence-corrected chi connectivity index (χ1v) is 9.02. The Bertz CT molecular complexity index is 827. The summed E-state index contributed by atoms with van der Waals surface area (Å²) >= 11 is 0. The van der Waals surface area contributed by atoms with Crippen LogP contribution in [-0.4, -0.2) is 38.6 Å². The van der Waals surface area contributed by atoms with E-state index >= 15 is 0 Å². The molecule has 7 heteroatoms. The number of esters is 1. The molecule has 0 aromatic heterocycles. The number of carbonyl (C=O) groups excluding carboxylic acids is 2. The number of carbonyl (C=O) groups is 2. The molecular weight excluding hydrogens is 374 g/mol. The molecule has 0 radical (unpaired) electrons. The summed E-state index contributed by atoms with van der Waals surface area (Å²) < 4.78 is 20.5. The van der Waals surface area contributed by atoms with Gasteiger partial charge in [0.2, 0.25) is 0 Å². The summed E-state index contributed by atoms with van der Waals surface area (Å²) in [6.07, 6.45) is 0. The fraction of sp³-hybridized carbons (Fsp3) is 0.273. The van der Waals surface area contributed by atoms with E-state index in [4.69, 9.17) is 18.9 Å². The third-order valence-corrected chi connectivity index (χ3v) is 3.71. The standard InChI is InChI=1S/C22H25NO6/c1-15(2)23-21(24)18-9-11-20(12-10-18)29-22(25)19-7-5-17(6-8-19)16(3)28-14-27-13-26-4/h5-12,15H,3,13-14H2,1-2,4H3,(H,23,24). The lowest BCUT2D eigenvalue weighted by Crippen LogP contribution is -2.29. The molecule has 0 aliphatic carbocycles. The smallest absolute Gasteiger partial charge is 0.343 e. The highest BCUT2D eigenvalue weighted by Gasteiger charge is 2.11. The van der Waals surface area contributed by atoms with Gasteiger partial charge in [0.05, 0.1) is 5.56 Å². The van der Waals surface area contributed by atoms with Crippen molar-refractivity contribution in [1.82, 2.24) is 5.32 Å². The summed E-state index contributed by atoms with van der Waals surface area (Å²) in [5.74, 6) is 0.0777. The highest BCUT2D eigenvalue weighted by molar-refractivity contribution is 5.95. The maximum absolute atomic E-state index is 12.3. The lowest BCUT2D eigenvalue weighted by atomic mass is 10.1. The first-order valence-electron chi connectivity index (χ1n) is 9.02. The van der Waals surface area contributed by atoms with Crippen molar-refractivity contribution in [2.75, 3.05) is 20.7 Å². The second kappa shape index (κ2) is 11.0. The monoisotopic (exact) mass is 399 g/mol. The van der Waals surface area contributed by atoms with E-state index in [1.54, 1.807) is 48.5 Å². The van der Waals surface area contributed by atoms with Crippen molar-refractivity contribution in [2.45, 2.75) is 19.9 Å². The minimum Gasteiger partial charge on any atom is -0.467 e. The molecule has 1 N–H and O–H groups in total. The van der Waals surface area contributed by atoms with Gasteiger partial charge in [0.1, 0.15) is 18.3 Å². The van der Waals surface area contributed by atoms with E-state index in [9.17, 15) is 9.59 Å². The van der Waals surface area contributed by atoms with Crippen LogP contribution >= 0.6 is 0 Å². The molecule has 0 atom stereocenters. The molecule has 0 saturated carbocycles. The van der Waals surface area contributed by atoms with E-state index < -0.39 is 5.97 Å². The molecule has 2 aromatic rings. The van der Waals surface area contributed by atoms with Crippen LogP contribution in [0.2, 0.25) is 0 Å². The van der Waals surface area contributed by atoms with Gasteiger partial charge in [0.15, 0.2) is 6.79 Å². The van der Waals surface area contributed by atoms with Crippen molar-refractivity contribution in [3.63, 3.8) is 0 Å². The number of benzene rings is 2. The topological polar surface area (TPSA) is 83.1 Å². The Hall–Kier alpha value is -3.16. The van der Waals surface area contributed by atoms with E-state index in [1.165, 1.54) is 7.11 Å². The van der Waals surface area contributed by atoms with Crippen LogP contribution in [0.5, 0.6) is 5.75 Å². The molecular formula is C22H25NO6. The number of hydrogen-bond acceptors (Lipinski definition) is 6. The van der Waals surface area contributed by atoms with E-state index in [0.29, 0.717) is 28.2 Å². The van der Waals surface area contributed by atoms with Crippen molar-refractivity contribution in [1.29, 1.82) is 0 Å². The Balaban J connectivity index is 1.92. The predicted octanol–water partition coefficient (Wildman–Crippen LogP) is 3.61. The molecule has 154 valence electrons. The Morgan fingerprint density at radius 2 is 1.52 bits per heavy atom. The molecule has 2 rings (SSSR count). The first kappa shape index (κ1) is 22.1. The van der Waals surface area contributed by atoms with Gasteiger partial charge in [-0.15, -0.1) is 0 Å². The lowest BCUT2D eigenvalue weighted by molar-refractivity contribution is -0.0920. The summed E-state index contributed by atoms with van der Waals surface area (Å²) in [7, 11) is 1.52. The van der Waals surface area contributed by atoms with Gasteiger partial charge in [0, 0.05) is 24.3 Å². The summed E-state index contributed by atoms with van der Waals surface area (Å²) in [5, 5.41) is 2.80. The molecule has 0 unspecified atom stereocenters. The zero-order chi connectivity index (χ0) is 21.2. The molecule has 0 saturated heterocycles. The molecule has 0 fully saturated rings. The molecule has 1 amide bonds. The second-order valence-electron chi connectivity index (χ2n) is 6.42. The summed E-state index contributed by atoms with van der Waals surface area (Å²) in [4.78, 5) is 24.3. The quantitative estimate of drug-likeness (QED) is 0.216. The van der Waals surface area contributed by atoms with Gasteiger partial charge in [-0.3, -0.25) is 4.79 Å². The minimum absolute atomic E-state index is 0.0155. The van der Waals surface area contributed by atoms with Crippen LogP contribution in [0.4, 0.5) is 0 Å². The minimum atomic E-state index is -0.508. The third kappa shape index (κ3) is 7.06. The van der Waals surface area contributed by atoms with Gasteiger partial charge < -0.3 is 24.3 Å². The molecule has 29 heavy (non-hydrogen) atoms. The van der Waals surface area contributed by atoms with Crippen LogP contribution in [0.3, 0.4) is 0 Å². The number of amides is 1. The van der Waals surface area contributed by atoms with Crippen molar-refractivity contribution >= 4 is 17.6 Å². The average molecular weight is 399 g/mol. The maximum Gasteiger partial charge on any atom is 0.343 e. The molecule has 2 aromatic carbocycles. The van der Waals surface area contributed by atoms with Crippen molar-refractivity contribution in [3.8, 4) is 5.75 Å². The predicted molar refractivity (Wildman–Crippen MR) is 108 cm³/mol. The molecule has 0 heterocycles. The molecule has 0 spiro atoms. The van der Waals surface area contributed by atoms with Crippen LogP contribution in [-0.2, 0) is 14.2 Å². The van der Waals surface area contributed by atoms with E-state index in [-0.39, 0.29) is 25.5 Å². The fourth-order valence-corrected chi connectivity index (χ4v) is 2.29. The SMILES string of the molecule is C=C(OCOCOC)c1ccc(C(=O)Oc2ccc(C(=O)NC(C)C)cc2)cc1. The van der Waals surface area contributed by atoms with Crippen LogP contribution in [0.25, 0.3) is 5.76 Å². The molecule has 7 nitrogen and oxygen atoms in total. The van der Waals surface area contributed by atoms with Crippen LogP contribution < -0.4 is 10.1 Å². The van der Waals surface area contributed by atoms with Crippen molar-refractivity contribution in [3.05, 3.63) is 71.8 Å². The number of rotatable bonds is 10. The fourth-order valence-electron chi connectivity index (χ4n) is 2.29. The van der Waals surface area contributed by atoms with Gasteiger partial charge >= 0.3 is 5.97 Å². The van der Waals surface area contributed by atoms with Crippen LogP contribution in [0, 0.1) is 0 Å². The number of ether oxygens (including phenoxy) is 4. The van der Waals surface area contributed by atoms with E-state index in [1.807, 2.05) is 13.8 Å². The third-order valence-electron chi connectivity index (χ3n) is 3.71. The maximum atomic E-state index is 12.3. The van der Waals surface area contributed by atoms with Gasteiger partial charge in [-0.05, 0) is 50.2 Å².